The molecule has 0 aliphatic rings. The maximum absolute atomic E-state index is 11.8. The van der Waals surface area contributed by atoms with Crippen LogP contribution in [0.25, 0.3) is 43.1 Å². The summed E-state index contributed by atoms with van der Waals surface area (Å²) < 4.78 is 66.5. The van der Waals surface area contributed by atoms with Crippen molar-refractivity contribution in [3.05, 3.63) is 60.7 Å². The van der Waals surface area contributed by atoms with E-state index in [-0.39, 0.29) is 68.9 Å². The van der Waals surface area contributed by atoms with E-state index >= 15 is 0 Å². The summed E-state index contributed by atoms with van der Waals surface area (Å²) in [4.78, 5) is -0.364. The predicted octanol–water partition coefficient (Wildman–Crippen LogP) is 2.93. The summed E-state index contributed by atoms with van der Waals surface area (Å²) in [6.45, 7) is 0. The van der Waals surface area contributed by atoms with Crippen molar-refractivity contribution in [1.82, 2.24) is 0 Å². The van der Waals surface area contributed by atoms with Gasteiger partial charge in [-0.2, -0.15) is 16.8 Å². The van der Waals surface area contributed by atoms with Gasteiger partial charge < -0.3 is 0 Å². The zero-order valence-corrected chi connectivity index (χ0v) is 15.8. The van der Waals surface area contributed by atoms with Crippen molar-refractivity contribution in [3.8, 4) is 0 Å². The van der Waals surface area contributed by atoms with Gasteiger partial charge in [-0.15, -0.1) is 0 Å². The van der Waals surface area contributed by atoms with Crippen molar-refractivity contribution < 1.29 is 25.9 Å². The molecule has 0 unspecified atom stereocenters. The van der Waals surface area contributed by atoms with Gasteiger partial charge in [0, 0.05) is 10.8 Å². The molecule has 30 heavy (non-hydrogen) atoms. The summed E-state index contributed by atoms with van der Waals surface area (Å²) in [5.41, 5.74) is 0. The minimum absolute atomic E-state index is 0. The number of fused-ring (bicyclic) bond motifs is 2. The fraction of sp³-hybridized carbons (Fsp3) is 0. The van der Waals surface area contributed by atoms with Crippen LogP contribution in [0.3, 0.4) is 0 Å². The first kappa shape index (κ1) is 23.9. The maximum atomic E-state index is 11.8. The fourth-order valence-corrected chi connectivity index (χ4v) is 5.48. The molecule has 0 heterocycles. The van der Waals surface area contributed by atoms with Gasteiger partial charge in [0.15, 0.2) is 0 Å². The Balaban J connectivity index is 0.00000128. The SMILES string of the molecule is O=S(=O)(O)c1ccc2c3cccc4c(S(=O)(=O)O)ccc(c5cccc1c52)c43.[NaH].[NaH]. The molecule has 0 saturated heterocycles. The molecule has 0 aliphatic heterocycles. The van der Waals surface area contributed by atoms with Crippen LogP contribution in [0, 0.1) is 0 Å². The molecule has 0 spiro atoms. The van der Waals surface area contributed by atoms with Crippen LogP contribution < -0.4 is 0 Å². The quantitative estimate of drug-likeness (QED) is 0.182. The Morgan fingerprint density at radius 2 is 0.767 bits per heavy atom. The summed E-state index contributed by atoms with van der Waals surface area (Å²) in [7, 11) is -8.83. The molecule has 0 aromatic heterocycles. The van der Waals surface area contributed by atoms with Crippen molar-refractivity contribution in [2.45, 2.75) is 9.79 Å². The number of hydrogen-bond donors (Lipinski definition) is 2. The Hall–Kier alpha value is -0.780. The van der Waals surface area contributed by atoms with Gasteiger partial charge in [-0.3, -0.25) is 9.11 Å². The van der Waals surface area contributed by atoms with Gasteiger partial charge in [0.2, 0.25) is 0 Å². The molecular weight excluding hydrogens is 446 g/mol. The number of benzene rings is 5. The molecule has 5 aromatic rings. The molecule has 0 radical (unpaired) electrons. The summed E-state index contributed by atoms with van der Waals surface area (Å²) in [5.74, 6) is 0. The molecule has 0 saturated carbocycles. The Morgan fingerprint density at radius 1 is 0.467 bits per heavy atom. The van der Waals surface area contributed by atoms with Crippen molar-refractivity contribution >= 4 is 122 Å². The summed E-state index contributed by atoms with van der Waals surface area (Å²) in [5, 5.41) is 5.01. The Kier molecular flexibility index (Phi) is 6.34. The molecule has 0 amide bonds. The van der Waals surface area contributed by atoms with Crippen molar-refractivity contribution in [1.29, 1.82) is 0 Å². The molecule has 10 heteroatoms. The Morgan fingerprint density at radius 3 is 1.10 bits per heavy atom. The van der Waals surface area contributed by atoms with Gasteiger partial charge in [0.1, 0.15) is 9.79 Å². The van der Waals surface area contributed by atoms with Crippen LogP contribution in [-0.4, -0.2) is 85.1 Å². The van der Waals surface area contributed by atoms with Crippen LogP contribution in [-0.2, 0) is 20.2 Å². The van der Waals surface area contributed by atoms with Gasteiger partial charge in [0.05, 0.1) is 0 Å². The molecular formula is C20H14Na2O6S2. The zero-order valence-electron chi connectivity index (χ0n) is 14.1. The van der Waals surface area contributed by atoms with E-state index in [9.17, 15) is 25.9 Å². The summed E-state index contributed by atoms with van der Waals surface area (Å²) in [6, 6.07) is 16.2. The second kappa shape index (κ2) is 7.97. The van der Waals surface area contributed by atoms with Gasteiger partial charge in [-0.05, 0) is 44.5 Å². The first-order valence-corrected chi connectivity index (χ1v) is 11.1. The Labute approximate surface area is 216 Å². The number of rotatable bonds is 2. The second-order valence-corrected chi connectivity index (χ2v) is 9.41. The van der Waals surface area contributed by atoms with Crippen molar-refractivity contribution in [3.63, 3.8) is 0 Å². The molecule has 0 fully saturated rings. The van der Waals surface area contributed by atoms with Gasteiger partial charge in [-0.1, -0.05) is 48.5 Å². The van der Waals surface area contributed by atoms with E-state index in [1.165, 1.54) is 12.1 Å². The van der Waals surface area contributed by atoms with Crippen LogP contribution in [0.5, 0.6) is 0 Å². The van der Waals surface area contributed by atoms with Crippen LogP contribution in [0.1, 0.15) is 0 Å². The molecule has 0 atom stereocenters. The van der Waals surface area contributed by atoms with Crippen molar-refractivity contribution in [2.24, 2.45) is 0 Å². The fourth-order valence-electron chi connectivity index (χ4n) is 4.11. The monoisotopic (exact) mass is 460 g/mol. The van der Waals surface area contributed by atoms with Crippen LogP contribution in [0.4, 0.5) is 0 Å². The molecule has 5 rings (SSSR count). The van der Waals surface area contributed by atoms with E-state index in [2.05, 4.69) is 0 Å². The normalized spacial score (nSPS) is 12.3. The third kappa shape index (κ3) is 3.49. The minimum atomic E-state index is -4.41. The third-order valence-corrected chi connectivity index (χ3v) is 6.96. The van der Waals surface area contributed by atoms with E-state index in [0.717, 1.165) is 21.5 Å². The molecule has 0 aliphatic carbocycles. The molecule has 2 N–H and O–H groups in total. The summed E-state index contributed by atoms with van der Waals surface area (Å²) >= 11 is 0. The first-order valence-electron chi connectivity index (χ1n) is 8.25. The van der Waals surface area contributed by atoms with E-state index in [4.69, 9.17) is 0 Å². The standard InChI is InChI=1S/C20H12O6S2.2Na.2H/c21-27(22,23)17-9-8-14-12-4-2-6-16-18(28(24,25)26)10-7-13(20(12)16)11-3-1-5-15(17)19(11)14;;;;/h1-10H,(H,21,22,23)(H,24,25,26);;;;. The zero-order chi connectivity index (χ0) is 19.8. The molecule has 144 valence electrons. The molecule has 5 aromatic carbocycles. The van der Waals surface area contributed by atoms with Crippen LogP contribution in [0.2, 0.25) is 0 Å². The van der Waals surface area contributed by atoms with E-state index < -0.39 is 20.2 Å². The van der Waals surface area contributed by atoms with E-state index in [1.807, 2.05) is 12.1 Å². The average Bonchev–Trinajstić information content (AvgIpc) is 2.63. The van der Waals surface area contributed by atoms with Crippen molar-refractivity contribution in [2.75, 3.05) is 0 Å². The second-order valence-electron chi connectivity index (χ2n) is 6.63. The molecule has 6 nitrogen and oxygen atoms in total. The first-order chi connectivity index (χ1) is 13.2. The predicted molar refractivity (Wildman–Crippen MR) is 122 cm³/mol. The van der Waals surface area contributed by atoms with Crippen LogP contribution in [0.15, 0.2) is 70.5 Å². The van der Waals surface area contributed by atoms with Gasteiger partial charge in [0.25, 0.3) is 20.2 Å². The van der Waals surface area contributed by atoms with E-state index in [0.29, 0.717) is 21.5 Å². The average molecular weight is 460 g/mol. The van der Waals surface area contributed by atoms with E-state index in [1.54, 1.807) is 36.4 Å². The van der Waals surface area contributed by atoms with Gasteiger partial charge >= 0.3 is 59.1 Å². The summed E-state index contributed by atoms with van der Waals surface area (Å²) in [6.07, 6.45) is 0. The Bertz CT molecular complexity index is 1520. The van der Waals surface area contributed by atoms with Crippen LogP contribution >= 0.6 is 0 Å². The third-order valence-electron chi connectivity index (χ3n) is 5.14. The number of hydrogen-bond acceptors (Lipinski definition) is 4. The van der Waals surface area contributed by atoms with Gasteiger partial charge in [-0.25, -0.2) is 0 Å². The molecule has 0 bridgehead atoms. The topological polar surface area (TPSA) is 109 Å².